The van der Waals surface area contributed by atoms with Crippen molar-refractivity contribution in [2.75, 3.05) is 0 Å². The zero-order valence-electron chi connectivity index (χ0n) is 6.78. The first-order valence-corrected chi connectivity index (χ1v) is 5.17. The average molecular weight is 193 g/mol. The van der Waals surface area contributed by atoms with Crippen LogP contribution in [0.15, 0.2) is 17.1 Å². The molecule has 0 unspecified atom stereocenters. The summed E-state index contributed by atoms with van der Waals surface area (Å²) in [6.45, 7) is 0. The summed E-state index contributed by atoms with van der Waals surface area (Å²) in [7, 11) is 0. The van der Waals surface area contributed by atoms with Crippen LogP contribution in [-0.2, 0) is 11.5 Å². The van der Waals surface area contributed by atoms with Crippen LogP contribution >= 0.6 is 11.8 Å². The Morgan fingerprint density at radius 3 is 3.38 bits per heavy atom. The number of hydrogen-bond acceptors (Lipinski definition) is 3. The predicted octanol–water partition coefficient (Wildman–Crippen LogP) is 0.769. The lowest BCUT2D eigenvalue weighted by molar-refractivity contribution is 0.871. The number of thioether (sulfide) groups is 1. The van der Waals surface area contributed by atoms with Crippen molar-refractivity contribution in [3.8, 4) is 0 Å². The second-order valence-electron chi connectivity index (χ2n) is 3.00. The Balaban J connectivity index is 2.55. The fraction of sp³-hybridized carbons (Fsp3) is 0.250. The molecular formula is C8H7N3OS. The third-order valence-electron chi connectivity index (χ3n) is 2.25. The van der Waals surface area contributed by atoms with Gasteiger partial charge in [-0.3, -0.25) is 4.79 Å². The summed E-state index contributed by atoms with van der Waals surface area (Å²) in [4.78, 5) is 14.3. The van der Waals surface area contributed by atoms with Crippen LogP contribution in [0.4, 0.5) is 0 Å². The number of nitrogens with one attached hydrogen (secondary N) is 1. The first-order chi connectivity index (χ1) is 6.36. The normalized spacial score (nSPS) is 15.1. The van der Waals surface area contributed by atoms with Gasteiger partial charge in [-0.15, -0.1) is 0 Å². The number of hydrogen-bond donors (Lipinski definition) is 1. The molecule has 0 radical (unpaired) electrons. The number of aromatic nitrogens is 3. The molecule has 1 N–H and O–H groups in total. The predicted molar refractivity (Wildman–Crippen MR) is 50.8 cm³/mol. The van der Waals surface area contributed by atoms with Gasteiger partial charge in [0.15, 0.2) is 0 Å². The second kappa shape index (κ2) is 2.38. The maximum atomic E-state index is 11.5. The maximum absolute atomic E-state index is 11.5. The van der Waals surface area contributed by atoms with Gasteiger partial charge in [-0.25, -0.2) is 4.52 Å². The van der Waals surface area contributed by atoms with Gasteiger partial charge < -0.3 is 4.98 Å². The number of fused-ring (bicyclic) bond motifs is 3. The zero-order valence-corrected chi connectivity index (χ0v) is 7.60. The largest absolute Gasteiger partial charge is 0.307 e. The highest BCUT2D eigenvalue weighted by Crippen LogP contribution is 2.26. The van der Waals surface area contributed by atoms with Gasteiger partial charge in [0.25, 0.3) is 5.56 Å². The van der Waals surface area contributed by atoms with Crippen LogP contribution in [0.3, 0.4) is 0 Å². The summed E-state index contributed by atoms with van der Waals surface area (Å²) < 4.78 is 1.82. The van der Waals surface area contributed by atoms with Crippen molar-refractivity contribution < 1.29 is 0 Å². The van der Waals surface area contributed by atoms with Gasteiger partial charge in [0.05, 0.1) is 11.9 Å². The van der Waals surface area contributed by atoms with Gasteiger partial charge in [-0.2, -0.15) is 16.9 Å². The van der Waals surface area contributed by atoms with Gasteiger partial charge >= 0.3 is 0 Å². The van der Waals surface area contributed by atoms with Crippen molar-refractivity contribution in [2.24, 2.45) is 0 Å². The summed E-state index contributed by atoms with van der Waals surface area (Å²) in [6, 6.07) is 1.81. The summed E-state index contributed by atoms with van der Waals surface area (Å²) in [6.07, 6.45) is 1.70. The standard InChI is InChI=1S/C8H7N3OS/c12-8-5-3-13-4-6(5)11-7(10-8)1-2-9-11/h1-2H,3-4H2,(H,10,12). The first-order valence-electron chi connectivity index (χ1n) is 4.02. The molecule has 1 aliphatic heterocycles. The summed E-state index contributed by atoms with van der Waals surface area (Å²) in [5, 5.41) is 4.16. The van der Waals surface area contributed by atoms with E-state index in [1.165, 1.54) is 0 Å². The highest BCUT2D eigenvalue weighted by atomic mass is 32.2. The van der Waals surface area contributed by atoms with Gasteiger partial charge in [0.1, 0.15) is 5.65 Å². The van der Waals surface area contributed by atoms with E-state index in [0.29, 0.717) is 0 Å². The van der Waals surface area contributed by atoms with E-state index in [2.05, 4.69) is 10.1 Å². The lowest BCUT2D eigenvalue weighted by atomic mass is 10.3. The van der Waals surface area contributed by atoms with E-state index >= 15 is 0 Å². The SMILES string of the molecule is O=c1[nH]c2ccnn2c2c1CSC2. The van der Waals surface area contributed by atoms with Crippen LogP contribution in [-0.4, -0.2) is 14.6 Å². The number of nitrogens with zero attached hydrogens (tertiary/aromatic N) is 2. The number of rotatable bonds is 0. The summed E-state index contributed by atoms with van der Waals surface area (Å²) in [5.41, 5.74) is 2.74. The molecule has 0 aliphatic carbocycles. The Morgan fingerprint density at radius 2 is 2.46 bits per heavy atom. The van der Waals surface area contributed by atoms with Crippen LogP contribution in [0.1, 0.15) is 11.3 Å². The summed E-state index contributed by atoms with van der Waals surface area (Å²) in [5.74, 6) is 1.69. The molecule has 2 aromatic heterocycles. The van der Waals surface area contributed by atoms with Crippen molar-refractivity contribution in [1.82, 2.24) is 14.6 Å². The van der Waals surface area contributed by atoms with E-state index in [0.717, 1.165) is 28.4 Å². The molecule has 1 aliphatic rings. The van der Waals surface area contributed by atoms with Crippen molar-refractivity contribution in [3.05, 3.63) is 33.9 Å². The quantitative estimate of drug-likeness (QED) is 0.672. The highest BCUT2D eigenvalue weighted by molar-refractivity contribution is 7.98. The minimum atomic E-state index is 0.0352. The van der Waals surface area contributed by atoms with Crippen molar-refractivity contribution in [2.45, 2.75) is 11.5 Å². The van der Waals surface area contributed by atoms with Gasteiger partial charge in [0.2, 0.25) is 0 Å². The third kappa shape index (κ3) is 0.875. The fourth-order valence-electron chi connectivity index (χ4n) is 1.61. The monoisotopic (exact) mass is 193 g/mol. The molecule has 5 heteroatoms. The summed E-state index contributed by atoms with van der Waals surface area (Å²) >= 11 is 1.75. The van der Waals surface area contributed by atoms with Crippen LogP contribution in [0.25, 0.3) is 5.65 Å². The molecular weight excluding hydrogens is 186 g/mol. The molecule has 0 saturated carbocycles. The van der Waals surface area contributed by atoms with Crippen LogP contribution in [0, 0.1) is 0 Å². The Labute approximate surface area is 78.0 Å². The molecule has 13 heavy (non-hydrogen) atoms. The Bertz CT molecular complexity index is 528. The lowest BCUT2D eigenvalue weighted by Crippen LogP contribution is -2.15. The van der Waals surface area contributed by atoms with Crippen LogP contribution < -0.4 is 5.56 Å². The van der Waals surface area contributed by atoms with Gasteiger partial charge in [-0.1, -0.05) is 0 Å². The smallest absolute Gasteiger partial charge is 0.255 e. The molecule has 0 saturated heterocycles. The average Bonchev–Trinajstić information content (AvgIpc) is 2.66. The molecule has 0 amide bonds. The highest BCUT2D eigenvalue weighted by Gasteiger charge is 2.18. The van der Waals surface area contributed by atoms with E-state index in [1.807, 2.05) is 10.6 Å². The minimum absolute atomic E-state index is 0.0352. The molecule has 3 heterocycles. The molecule has 3 rings (SSSR count). The van der Waals surface area contributed by atoms with E-state index in [9.17, 15) is 4.79 Å². The molecule has 66 valence electrons. The molecule has 0 fully saturated rings. The van der Waals surface area contributed by atoms with Crippen LogP contribution in [0.2, 0.25) is 0 Å². The Kier molecular flexibility index (Phi) is 1.32. The third-order valence-corrected chi connectivity index (χ3v) is 3.22. The van der Waals surface area contributed by atoms with Gasteiger partial charge in [0, 0.05) is 23.1 Å². The molecule has 0 atom stereocenters. The van der Waals surface area contributed by atoms with Crippen molar-refractivity contribution in [1.29, 1.82) is 0 Å². The van der Waals surface area contributed by atoms with E-state index in [1.54, 1.807) is 18.0 Å². The van der Waals surface area contributed by atoms with E-state index < -0.39 is 0 Å². The lowest BCUT2D eigenvalue weighted by Gasteiger charge is -2.00. The Morgan fingerprint density at radius 1 is 1.54 bits per heavy atom. The van der Waals surface area contributed by atoms with Crippen molar-refractivity contribution >= 4 is 17.4 Å². The van der Waals surface area contributed by atoms with Gasteiger partial charge in [-0.05, 0) is 0 Å². The fourth-order valence-corrected chi connectivity index (χ4v) is 2.70. The molecule has 0 spiro atoms. The van der Waals surface area contributed by atoms with Crippen LogP contribution in [0.5, 0.6) is 0 Å². The minimum Gasteiger partial charge on any atom is -0.307 e. The molecule has 0 bridgehead atoms. The first kappa shape index (κ1) is 7.20. The molecule has 4 nitrogen and oxygen atoms in total. The van der Waals surface area contributed by atoms with E-state index in [-0.39, 0.29) is 5.56 Å². The number of H-pyrrole nitrogens is 1. The van der Waals surface area contributed by atoms with Crippen molar-refractivity contribution in [3.63, 3.8) is 0 Å². The number of aromatic amines is 1. The second-order valence-corrected chi connectivity index (χ2v) is 3.99. The maximum Gasteiger partial charge on any atom is 0.255 e. The topological polar surface area (TPSA) is 50.2 Å². The molecule has 0 aromatic carbocycles. The van der Waals surface area contributed by atoms with E-state index in [4.69, 9.17) is 0 Å². The molecule has 2 aromatic rings. The Hall–Kier alpha value is -1.23. The zero-order chi connectivity index (χ0) is 8.84.